The summed E-state index contributed by atoms with van der Waals surface area (Å²) in [5, 5.41) is 4.03. The normalized spacial score (nSPS) is 19.3. The smallest absolute Gasteiger partial charge is 0.181 e. The summed E-state index contributed by atoms with van der Waals surface area (Å²) in [4.78, 5) is 0.367. The molecule has 0 amide bonds. The summed E-state index contributed by atoms with van der Waals surface area (Å²) in [6.07, 6.45) is 0. The second-order valence-electron chi connectivity index (χ2n) is 4.76. The Kier molecular flexibility index (Phi) is 3.94. The fourth-order valence-electron chi connectivity index (χ4n) is 2.42. The van der Waals surface area contributed by atoms with Crippen LogP contribution in [0.3, 0.4) is 0 Å². The Bertz CT molecular complexity index is 800. The molecule has 0 spiro atoms. The summed E-state index contributed by atoms with van der Waals surface area (Å²) in [6, 6.07) is 10.0. The topological polar surface area (TPSA) is 46.2 Å². The molecule has 7 heteroatoms. The zero-order valence-corrected chi connectivity index (χ0v) is 14.5. The zero-order valence-electron chi connectivity index (χ0n) is 10.6. The van der Waals surface area contributed by atoms with E-state index in [4.69, 9.17) is 23.2 Å². The van der Waals surface area contributed by atoms with Crippen LogP contribution in [-0.4, -0.2) is 14.2 Å². The molecule has 21 heavy (non-hydrogen) atoms. The Morgan fingerprint density at radius 3 is 2.43 bits per heavy atom. The summed E-state index contributed by atoms with van der Waals surface area (Å²) in [7, 11) is -3.27. The van der Waals surface area contributed by atoms with Crippen LogP contribution in [0.4, 0.5) is 5.69 Å². The lowest BCUT2D eigenvalue weighted by molar-refractivity contribution is 0.598. The Morgan fingerprint density at radius 2 is 1.76 bits per heavy atom. The quantitative estimate of drug-likeness (QED) is 0.786. The van der Waals surface area contributed by atoms with Crippen molar-refractivity contribution in [3.63, 3.8) is 0 Å². The van der Waals surface area contributed by atoms with E-state index in [1.807, 2.05) is 6.07 Å². The van der Waals surface area contributed by atoms with E-state index in [0.29, 0.717) is 20.6 Å². The van der Waals surface area contributed by atoms with Crippen LogP contribution in [0.1, 0.15) is 11.6 Å². The first-order valence-electron chi connectivity index (χ1n) is 6.11. The van der Waals surface area contributed by atoms with Crippen molar-refractivity contribution >= 4 is 54.7 Å². The highest BCUT2D eigenvalue weighted by molar-refractivity contribution is 9.10. The lowest BCUT2D eigenvalue weighted by Crippen LogP contribution is -2.13. The van der Waals surface area contributed by atoms with Crippen molar-refractivity contribution in [1.29, 1.82) is 0 Å². The van der Waals surface area contributed by atoms with E-state index in [9.17, 15) is 8.42 Å². The first kappa shape index (κ1) is 15.2. The minimum atomic E-state index is -3.27. The van der Waals surface area contributed by atoms with Gasteiger partial charge in [-0.3, -0.25) is 0 Å². The molecule has 3 nitrogen and oxygen atoms in total. The third-order valence-electron chi connectivity index (χ3n) is 3.34. The number of halogens is 3. The van der Waals surface area contributed by atoms with Crippen molar-refractivity contribution in [3.8, 4) is 0 Å². The van der Waals surface area contributed by atoms with Crippen molar-refractivity contribution in [1.82, 2.24) is 0 Å². The number of hydrogen-bond donors (Lipinski definition) is 1. The molecule has 1 heterocycles. The van der Waals surface area contributed by atoms with Gasteiger partial charge in [0.2, 0.25) is 0 Å². The van der Waals surface area contributed by atoms with Gasteiger partial charge in [0.15, 0.2) is 9.84 Å². The van der Waals surface area contributed by atoms with Gasteiger partial charge in [-0.1, -0.05) is 57.3 Å². The summed E-state index contributed by atoms with van der Waals surface area (Å²) >= 11 is 15.7. The predicted octanol–water partition coefficient (Wildman–Crippen LogP) is 4.70. The van der Waals surface area contributed by atoms with Crippen LogP contribution in [0.5, 0.6) is 0 Å². The zero-order chi connectivity index (χ0) is 15.2. The maximum absolute atomic E-state index is 12.2. The molecule has 0 saturated heterocycles. The van der Waals surface area contributed by atoms with Gasteiger partial charge in [-0.25, -0.2) is 8.42 Å². The molecule has 0 aliphatic carbocycles. The molecule has 0 fully saturated rings. The van der Waals surface area contributed by atoms with E-state index >= 15 is 0 Å². The first-order chi connectivity index (χ1) is 9.88. The fraction of sp³-hybridized carbons (Fsp3) is 0.143. The Balaban J connectivity index is 2.02. The minimum absolute atomic E-state index is 0.00489. The van der Waals surface area contributed by atoms with Crippen molar-refractivity contribution in [2.75, 3.05) is 11.1 Å². The third-order valence-corrected chi connectivity index (χ3v) is 6.21. The molecule has 1 atom stereocenters. The molecule has 1 aliphatic rings. The Morgan fingerprint density at radius 1 is 1.14 bits per heavy atom. The standard InChI is InChI=1S/C14H10BrCl2NO2S/c15-8-5-10(16)14(11(17)6-8)18-12-7-21(19,20)13-4-2-1-3-9(12)13/h1-6,12,18H,7H2. The van der Waals surface area contributed by atoms with Gasteiger partial charge in [0, 0.05) is 4.47 Å². The van der Waals surface area contributed by atoms with Crippen LogP contribution in [0, 0.1) is 0 Å². The van der Waals surface area contributed by atoms with Gasteiger partial charge in [-0.15, -0.1) is 0 Å². The van der Waals surface area contributed by atoms with Crippen LogP contribution >= 0.6 is 39.1 Å². The predicted molar refractivity (Wildman–Crippen MR) is 89.0 cm³/mol. The van der Waals surface area contributed by atoms with Crippen LogP contribution in [0.25, 0.3) is 0 Å². The summed E-state index contributed by atoms with van der Waals surface area (Å²) in [5.74, 6) is -0.00489. The van der Waals surface area contributed by atoms with Gasteiger partial charge in [0.25, 0.3) is 0 Å². The van der Waals surface area contributed by atoms with Gasteiger partial charge in [0.05, 0.1) is 32.4 Å². The van der Waals surface area contributed by atoms with E-state index in [1.54, 1.807) is 30.3 Å². The van der Waals surface area contributed by atoms with Crippen LogP contribution in [0.2, 0.25) is 10.0 Å². The third kappa shape index (κ3) is 2.80. The number of rotatable bonds is 2. The van der Waals surface area contributed by atoms with E-state index in [2.05, 4.69) is 21.2 Å². The number of hydrogen-bond acceptors (Lipinski definition) is 3. The summed E-state index contributed by atoms with van der Waals surface area (Å²) in [5.41, 5.74) is 1.28. The van der Waals surface area contributed by atoms with Crippen molar-refractivity contribution in [2.24, 2.45) is 0 Å². The molecule has 2 aromatic carbocycles. The van der Waals surface area contributed by atoms with Gasteiger partial charge in [-0.05, 0) is 23.8 Å². The highest BCUT2D eigenvalue weighted by Crippen LogP contribution is 2.40. The summed E-state index contributed by atoms with van der Waals surface area (Å²) in [6.45, 7) is 0. The first-order valence-corrected chi connectivity index (χ1v) is 9.31. The molecule has 0 bridgehead atoms. The van der Waals surface area contributed by atoms with E-state index < -0.39 is 9.84 Å². The molecule has 110 valence electrons. The van der Waals surface area contributed by atoms with Crippen molar-refractivity contribution in [3.05, 3.63) is 56.5 Å². The molecule has 2 aromatic rings. The molecule has 3 rings (SSSR count). The molecular formula is C14H10BrCl2NO2S. The second-order valence-corrected chi connectivity index (χ2v) is 8.49. The van der Waals surface area contributed by atoms with Gasteiger partial charge >= 0.3 is 0 Å². The highest BCUT2D eigenvalue weighted by Gasteiger charge is 2.34. The number of anilines is 1. The minimum Gasteiger partial charge on any atom is -0.375 e. The number of benzene rings is 2. The van der Waals surface area contributed by atoms with E-state index in [-0.39, 0.29) is 11.8 Å². The van der Waals surface area contributed by atoms with Crippen LogP contribution in [-0.2, 0) is 9.84 Å². The maximum Gasteiger partial charge on any atom is 0.181 e. The molecule has 0 saturated carbocycles. The SMILES string of the molecule is O=S1(=O)CC(Nc2c(Cl)cc(Br)cc2Cl)c2ccccc21. The number of fused-ring (bicyclic) bond motifs is 1. The van der Waals surface area contributed by atoms with Crippen molar-refractivity contribution < 1.29 is 8.42 Å². The lowest BCUT2D eigenvalue weighted by Gasteiger charge is -2.17. The molecule has 1 unspecified atom stereocenters. The van der Waals surface area contributed by atoms with E-state index in [1.165, 1.54) is 0 Å². The Hall–Kier alpha value is -0.750. The lowest BCUT2D eigenvalue weighted by atomic mass is 10.1. The number of sulfone groups is 1. The van der Waals surface area contributed by atoms with Gasteiger partial charge in [-0.2, -0.15) is 0 Å². The second kappa shape index (κ2) is 5.47. The van der Waals surface area contributed by atoms with Gasteiger partial charge in [0.1, 0.15) is 0 Å². The molecule has 1 N–H and O–H groups in total. The molecular weight excluding hydrogens is 397 g/mol. The van der Waals surface area contributed by atoms with E-state index in [0.717, 1.165) is 10.0 Å². The average molecular weight is 407 g/mol. The molecule has 0 aromatic heterocycles. The number of nitrogens with one attached hydrogen (secondary N) is 1. The molecule has 1 aliphatic heterocycles. The van der Waals surface area contributed by atoms with Crippen LogP contribution < -0.4 is 5.32 Å². The largest absolute Gasteiger partial charge is 0.375 e. The fourth-order valence-corrected chi connectivity index (χ4v) is 5.48. The average Bonchev–Trinajstić information content (AvgIpc) is 2.66. The Labute approximate surface area is 141 Å². The highest BCUT2D eigenvalue weighted by atomic mass is 79.9. The van der Waals surface area contributed by atoms with Gasteiger partial charge < -0.3 is 5.32 Å². The summed E-state index contributed by atoms with van der Waals surface area (Å²) < 4.78 is 25.1. The maximum atomic E-state index is 12.2. The monoisotopic (exact) mass is 405 g/mol. The molecule has 0 radical (unpaired) electrons. The van der Waals surface area contributed by atoms with Crippen LogP contribution in [0.15, 0.2) is 45.8 Å². The van der Waals surface area contributed by atoms with Crippen molar-refractivity contribution in [2.45, 2.75) is 10.9 Å².